The molecule has 23 heavy (non-hydrogen) atoms. The molecule has 7 nitrogen and oxygen atoms in total. The molecule has 0 spiro atoms. The smallest absolute Gasteiger partial charge is 0.324 e. The number of anilines is 2. The summed E-state index contributed by atoms with van der Waals surface area (Å²) in [5, 5.41) is 15.2. The monoisotopic (exact) mass is 375 g/mol. The molecule has 0 aliphatic rings. The van der Waals surface area contributed by atoms with Gasteiger partial charge in [-0.05, 0) is 24.3 Å². The maximum absolute atomic E-state index is 11.8. The molecule has 2 aromatic rings. The van der Waals surface area contributed by atoms with Gasteiger partial charge in [-0.3, -0.25) is 4.90 Å². The summed E-state index contributed by atoms with van der Waals surface area (Å²) < 4.78 is 23.2. The van der Waals surface area contributed by atoms with E-state index in [4.69, 9.17) is 34.1 Å². The number of benzene rings is 2. The molecule has 122 valence electrons. The molecule has 0 atom stereocenters. The number of hydrogen-bond donors (Lipinski definition) is 3. The highest BCUT2D eigenvalue weighted by Gasteiger charge is 2.27. The lowest BCUT2D eigenvalue weighted by Crippen LogP contribution is -2.32. The second kappa shape index (κ2) is 6.25. The SMILES string of the molecule is NC(=O)N(c1ccccc1Cl)c1ccc(Cl)c(S(N)(=O)=O)c1O. The number of nitrogens with zero attached hydrogens (tertiary/aromatic N) is 1. The van der Waals surface area contributed by atoms with Crippen LogP contribution in [0.15, 0.2) is 41.3 Å². The third-order valence-electron chi connectivity index (χ3n) is 2.90. The second-order valence-electron chi connectivity index (χ2n) is 4.41. The molecule has 10 heteroatoms. The summed E-state index contributed by atoms with van der Waals surface area (Å²) in [5.74, 6) is -0.807. The first-order chi connectivity index (χ1) is 10.6. The molecule has 0 saturated heterocycles. The fourth-order valence-corrected chi connectivity index (χ4v) is 3.40. The summed E-state index contributed by atoms with van der Waals surface area (Å²) in [5.41, 5.74) is 5.27. The van der Waals surface area contributed by atoms with E-state index in [2.05, 4.69) is 0 Å². The number of aromatic hydroxyl groups is 1. The van der Waals surface area contributed by atoms with Crippen molar-refractivity contribution in [3.8, 4) is 5.75 Å². The molecule has 0 aliphatic carbocycles. The lowest BCUT2D eigenvalue weighted by Gasteiger charge is -2.23. The lowest BCUT2D eigenvalue weighted by atomic mass is 10.2. The van der Waals surface area contributed by atoms with E-state index in [1.165, 1.54) is 24.3 Å². The van der Waals surface area contributed by atoms with Crippen LogP contribution in [0, 0.1) is 0 Å². The van der Waals surface area contributed by atoms with E-state index in [1.54, 1.807) is 12.1 Å². The second-order valence-corrected chi connectivity index (χ2v) is 6.73. The van der Waals surface area contributed by atoms with E-state index in [1.807, 2.05) is 0 Å². The van der Waals surface area contributed by atoms with Gasteiger partial charge >= 0.3 is 6.03 Å². The third-order valence-corrected chi connectivity index (χ3v) is 4.63. The first kappa shape index (κ1) is 17.4. The van der Waals surface area contributed by atoms with Crippen LogP contribution in [0.3, 0.4) is 0 Å². The maximum Gasteiger partial charge on any atom is 0.324 e. The lowest BCUT2D eigenvalue weighted by molar-refractivity contribution is 0.256. The van der Waals surface area contributed by atoms with Crippen LogP contribution < -0.4 is 15.8 Å². The number of nitrogens with two attached hydrogens (primary N) is 2. The van der Waals surface area contributed by atoms with Gasteiger partial charge in [0.15, 0.2) is 5.75 Å². The van der Waals surface area contributed by atoms with Crippen molar-refractivity contribution in [2.45, 2.75) is 4.90 Å². The van der Waals surface area contributed by atoms with E-state index in [0.717, 1.165) is 4.90 Å². The van der Waals surface area contributed by atoms with Gasteiger partial charge in [-0.1, -0.05) is 35.3 Å². The minimum absolute atomic E-state index is 0.152. The number of urea groups is 1. The number of carbonyl (C=O) groups excluding carboxylic acids is 1. The number of hydrogen-bond acceptors (Lipinski definition) is 4. The number of phenolic OH excluding ortho intramolecular Hbond substituents is 1. The zero-order valence-corrected chi connectivity index (χ0v) is 13.7. The van der Waals surface area contributed by atoms with Gasteiger partial charge in [0.2, 0.25) is 10.0 Å². The van der Waals surface area contributed by atoms with E-state index in [9.17, 15) is 18.3 Å². The summed E-state index contributed by atoms with van der Waals surface area (Å²) in [4.78, 5) is 12.0. The minimum atomic E-state index is -4.33. The van der Waals surface area contributed by atoms with E-state index in [0.29, 0.717) is 0 Å². The van der Waals surface area contributed by atoms with Crippen LogP contribution >= 0.6 is 23.2 Å². The predicted molar refractivity (Wildman–Crippen MR) is 87.7 cm³/mol. The topological polar surface area (TPSA) is 127 Å². The first-order valence-corrected chi connectivity index (χ1v) is 8.33. The van der Waals surface area contributed by atoms with Gasteiger partial charge in [-0.25, -0.2) is 18.4 Å². The zero-order valence-electron chi connectivity index (χ0n) is 11.4. The average Bonchev–Trinajstić information content (AvgIpc) is 2.41. The Bertz CT molecular complexity index is 887. The Morgan fingerprint density at radius 3 is 2.17 bits per heavy atom. The van der Waals surface area contributed by atoms with Crippen LogP contribution in [-0.2, 0) is 10.0 Å². The Hall–Kier alpha value is -2.00. The molecule has 5 N–H and O–H groups in total. The van der Waals surface area contributed by atoms with Gasteiger partial charge in [0, 0.05) is 0 Å². The molecule has 2 aromatic carbocycles. The molecule has 0 radical (unpaired) electrons. The third kappa shape index (κ3) is 3.35. The molecular weight excluding hydrogens is 365 g/mol. The minimum Gasteiger partial charge on any atom is -0.504 e. The Balaban J connectivity index is 2.77. The van der Waals surface area contributed by atoms with Crippen molar-refractivity contribution in [3.63, 3.8) is 0 Å². The van der Waals surface area contributed by atoms with Crippen LogP contribution in [0.5, 0.6) is 5.75 Å². The Morgan fingerprint density at radius 1 is 1.04 bits per heavy atom. The highest BCUT2D eigenvalue weighted by atomic mass is 35.5. The standard InChI is InChI=1S/C13H11Cl2N3O4S/c14-7-3-1-2-4-9(7)18(13(16)20)10-6-5-8(15)12(11(10)19)23(17,21)22/h1-6,19H,(H2,16,20)(H2,17,21,22). The van der Waals surface area contributed by atoms with Gasteiger partial charge < -0.3 is 10.8 Å². The molecule has 0 heterocycles. The number of phenols is 1. The molecule has 0 aromatic heterocycles. The summed E-state index contributed by atoms with van der Waals surface area (Å²) >= 11 is 11.8. The van der Waals surface area contributed by atoms with E-state index >= 15 is 0 Å². The fourth-order valence-electron chi connectivity index (χ4n) is 1.99. The number of primary amides is 1. The summed E-state index contributed by atoms with van der Waals surface area (Å²) in [6.07, 6.45) is 0. The van der Waals surface area contributed by atoms with E-state index in [-0.39, 0.29) is 21.4 Å². The number of halogens is 2. The first-order valence-electron chi connectivity index (χ1n) is 6.03. The van der Waals surface area contributed by atoms with Gasteiger partial charge in [0.05, 0.1) is 21.4 Å². The zero-order chi connectivity index (χ0) is 17.4. The van der Waals surface area contributed by atoms with Gasteiger partial charge in [-0.15, -0.1) is 0 Å². The van der Waals surface area contributed by atoms with Gasteiger partial charge in [0.25, 0.3) is 0 Å². The van der Waals surface area contributed by atoms with Gasteiger partial charge in [-0.2, -0.15) is 0 Å². The number of primary sulfonamides is 1. The van der Waals surface area contributed by atoms with Crippen LogP contribution in [0.4, 0.5) is 16.2 Å². The van der Waals surface area contributed by atoms with Crippen molar-refractivity contribution < 1.29 is 18.3 Å². The predicted octanol–water partition coefficient (Wildman–Crippen LogP) is 2.56. The van der Waals surface area contributed by atoms with Crippen molar-refractivity contribution in [3.05, 3.63) is 46.4 Å². The van der Waals surface area contributed by atoms with Crippen LogP contribution in [-0.4, -0.2) is 19.6 Å². The summed E-state index contributed by atoms with van der Waals surface area (Å²) in [6.45, 7) is 0. The highest BCUT2D eigenvalue weighted by molar-refractivity contribution is 7.89. The van der Waals surface area contributed by atoms with Crippen molar-refractivity contribution in [2.24, 2.45) is 10.9 Å². The molecule has 0 fully saturated rings. The normalized spacial score (nSPS) is 11.3. The Kier molecular flexibility index (Phi) is 4.71. The van der Waals surface area contributed by atoms with Crippen molar-refractivity contribution in [1.82, 2.24) is 0 Å². The van der Waals surface area contributed by atoms with Crippen molar-refractivity contribution >= 4 is 50.6 Å². The van der Waals surface area contributed by atoms with Crippen LogP contribution in [0.25, 0.3) is 0 Å². The largest absolute Gasteiger partial charge is 0.504 e. The number of amides is 2. The molecule has 0 aliphatic heterocycles. The van der Waals surface area contributed by atoms with Gasteiger partial charge in [0.1, 0.15) is 4.90 Å². The number of sulfonamides is 1. The molecule has 0 bridgehead atoms. The Labute approximate surface area is 142 Å². The molecule has 0 unspecified atom stereocenters. The number of rotatable bonds is 3. The molecule has 0 saturated carbocycles. The van der Waals surface area contributed by atoms with E-state index < -0.39 is 26.7 Å². The van der Waals surface area contributed by atoms with Crippen LogP contribution in [0.2, 0.25) is 10.0 Å². The Morgan fingerprint density at radius 2 is 1.65 bits per heavy atom. The molecular formula is C13H11Cl2N3O4S. The highest BCUT2D eigenvalue weighted by Crippen LogP contribution is 2.42. The fraction of sp³-hybridized carbons (Fsp3) is 0. The molecule has 2 amide bonds. The van der Waals surface area contributed by atoms with Crippen molar-refractivity contribution in [2.75, 3.05) is 4.90 Å². The quantitative estimate of drug-likeness (QED) is 0.761. The average molecular weight is 376 g/mol. The van der Waals surface area contributed by atoms with Crippen molar-refractivity contribution in [1.29, 1.82) is 0 Å². The van der Waals surface area contributed by atoms with Crippen LogP contribution in [0.1, 0.15) is 0 Å². The summed E-state index contributed by atoms with van der Waals surface area (Å²) in [6, 6.07) is 7.59. The number of para-hydroxylation sites is 1. The molecule has 2 rings (SSSR count). The maximum atomic E-state index is 11.8. The number of carbonyl (C=O) groups is 1. The summed E-state index contributed by atoms with van der Waals surface area (Å²) in [7, 11) is -4.33.